The Balaban J connectivity index is 1.67. The van der Waals surface area contributed by atoms with Crippen LogP contribution >= 0.6 is 11.8 Å². The monoisotopic (exact) mass is 441 g/mol. The summed E-state index contributed by atoms with van der Waals surface area (Å²) in [5, 5.41) is 14.4. The number of amides is 2. The number of rotatable bonds is 8. The number of hydrogen-bond acceptors (Lipinski definition) is 5. The lowest BCUT2D eigenvalue weighted by Gasteiger charge is -2.23. The molecule has 7 nitrogen and oxygen atoms in total. The quantitative estimate of drug-likeness (QED) is 0.517. The Kier molecular flexibility index (Phi) is 7.41. The van der Waals surface area contributed by atoms with E-state index in [9.17, 15) is 14.0 Å². The fourth-order valence-corrected chi connectivity index (χ4v) is 3.83. The number of nitrogens with zero attached hydrogens (tertiary/aromatic N) is 3. The lowest BCUT2D eigenvalue weighted by molar-refractivity contribution is -0.119. The molecule has 1 heterocycles. The fraction of sp³-hybridized carbons (Fsp3) is 0.273. The summed E-state index contributed by atoms with van der Waals surface area (Å²) in [6, 6.07) is 13.2. The minimum Gasteiger partial charge on any atom is -0.348 e. The molecule has 2 N–H and O–H groups in total. The normalized spacial score (nSPS) is 11.9. The molecule has 1 unspecified atom stereocenters. The Hall–Kier alpha value is -3.20. The minimum atomic E-state index is -0.310. The molecular formula is C22H24FN5O2S. The van der Waals surface area contributed by atoms with Gasteiger partial charge >= 0.3 is 0 Å². The zero-order valence-electron chi connectivity index (χ0n) is 17.5. The molecule has 0 radical (unpaired) electrons. The molecule has 162 valence electrons. The van der Waals surface area contributed by atoms with Crippen LogP contribution in [-0.2, 0) is 9.59 Å². The van der Waals surface area contributed by atoms with Crippen LogP contribution in [0.25, 0.3) is 5.69 Å². The van der Waals surface area contributed by atoms with Crippen LogP contribution in [0, 0.1) is 11.7 Å². The Morgan fingerprint density at radius 3 is 2.58 bits per heavy atom. The van der Waals surface area contributed by atoms with Gasteiger partial charge in [-0.05, 0) is 41.8 Å². The lowest BCUT2D eigenvalue weighted by Crippen LogP contribution is -2.33. The maximum absolute atomic E-state index is 13.2. The summed E-state index contributed by atoms with van der Waals surface area (Å²) in [6.07, 6.45) is 1.56. The lowest BCUT2D eigenvalue weighted by atomic mass is 9.96. The van der Waals surface area contributed by atoms with Crippen molar-refractivity contribution in [3.8, 4) is 5.69 Å². The number of anilines is 1. The van der Waals surface area contributed by atoms with Gasteiger partial charge in [0.15, 0.2) is 5.16 Å². The number of carbonyl (C=O) groups excluding carboxylic acids is 2. The summed E-state index contributed by atoms with van der Waals surface area (Å²) in [5.74, 6) is -0.341. The zero-order valence-corrected chi connectivity index (χ0v) is 18.3. The maximum Gasteiger partial charge on any atom is 0.230 e. The molecule has 0 aliphatic carbocycles. The van der Waals surface area contributed by atoms with Crippen molar-refractivity contribution in [1.82, 2.24) is 20.1 Å². The van der Waals surface area contributed by atoms with Gasteiger partial charge in [-0.2, -0.15) is 0 Å². The van der Waals surface area contributed by atoms with Crippen LogP contribution in [0.1, 0.15) is 32.4 Å². The molecule has 1 atom stereocenters. The van der Waals surface area contributed by atoms with Crippen LogP contribution in [0.3, 0.4) is 0 Å². The van der Waals surface area contributed by atoms with E-state index in [2.05, 4.69) is 20.8 Å². The predicted molar refractivity (Wildman–Crippen MR) is 119 cm³/mol. The van der Waals surface area contributed by atoms with Crippen LogP contribution < -0.4 is 10.6 Å². The van der Waals surface area contributed by atoms with Crippen molar-refractivity contribution >= 4 is 29.3 Å². The average Bonchev–Trinajstić information content (AvgIpc) is 3.19. The van der Waals surface area contributed by atoms with Gasteiger partial charge in [-0.1, -0.05) is 43.8 Å². The summed E-state index contributed by atoms with van der Waals surface area (Å²) >= 11 is 1.26. The molecular weight excluding hydrogens is 417 g/mol. The molecule has 2 aromatic carbocycles. The average molecular weight is 442 g/mol. The molecule has 31 heavy (non-hydrogen) atoms. The van der Waals surface area contributed by atoms with Crippen LogP contribution in [0.2, 0.25) is 0 Å². The largest absolute Gasteiger partial charge is 0.348 e. The van der Waals surface area contributed by atoms with Crippen molar-refractivity contribution in [2.24, 2.45) is 5.92 Å². The summed E-state index contributed by atoms with van der Waals surface area (Å²) < 4.78 is 15.0. The summed E-state index contributed by atoms with van der Waals surface area (Å²) in [6.45, 7) is 5.45. The molecule has 0 fully saturated rings. The first kappa shape index (κ1) is 22.5. The van der Waals surface area contributed by atoms with Crippen molar-refractivity contribution in [2.45, 2.75) is 32.0 Å². The first-order valence-corrected chi connectivity index (χ1v) is 10.8. The van der Waals surface area contributed by atoms with Crippen molar-refractivity contribution < 1.29 is 14.0 Å². The van der Waals surface area contributed by atoms with E-state index in [0.29, 0.717) is 10.8 Å². The Morgan fingerprint density at radius 2 is 1.90 bits per heavy atom. The molecule has 0 saturated carbocycles. The van der Waals surface area contributed by atoms with Crippen molar-refractivity contribution in [3.63, 3.8) is 0 Å². The number of carbonyl (C=O) groups is 2. The van der Waals surface area contributed by atoms with Gasteiger partial charge in [0.25, 0.3) is 0 Å². The van der Waals surface area contributed by atoms with Gasteiger partial charge < -0.3 is 10.6 Å². The van der Waals surface area contributed by atoms with Crippen LogP contribution in [0.4, 0.5) is 10.1 Å². The zero-order chi connectivity index (χ0) is 22.4. The molecule has 0 aliphatic heterocycles. The van der Waals surface area contributed by atoms with Crippen LogP contribution in [0.5, 0.6) is 0 Å². The molecule has 0 aliphatic rings. The number of thioether (sulfide) groups is 1. The number of halogens is 1. The third-order valence-electron chi connectivity index (χ3n) is 4.51. The van der Waals surface area contributed by atoms with E-state index in [1.54, 1.807) is 35.2 Å². The van der Waals surface area contributed by atoms with Crippen molar-refractivity contribution in [2.75, 3.05) is 11.1 Å². The highest BCUT2D eigenvalue weighted by Gasteiger charge is 2.19. The van der Waals surface area contributed by atoms with E-state index < -0.39 is 0 Å². The second-order valence-corrected chi connectivity index (χ2v) is 8.29. The van der Waals surface area contributed by atoms with Gasteiger partial charge in [-0.3, -0.25) is 14.2 Å². The summed E-state index contributed by atoms with van der Waals surface area (Å²) in [4.78, 5) is 23.9. The van der Waals surface area contributed by atoms with E-state index in [1.807, 2.05) is 26.0 Å². The highest BCUT2D eigenvalue weighted by molar-refractivity contribution is 7.99. The van der Waals surface area contributed by atoms with Gasteiger partial charge in [0, 0.05) is 12.6 Å². The maximum atomic E-state index is 13.2. The van der Waals surface area contributed by atoms with Gasteiger partial charge in [0.1, 0.15) is 12.1 Å². The molecule has 2 amide bonds. The van der Waals surface area contributed by atoms with E-state index in [-0.39, 0.29) is 35.3 Å². The van der Waals surface area contributed by atoms with Gasteiger partial charge in [-0.25, -0.2) is 4.39 Å². The van der Waals surface area contributed by atoms with E-state index >= 15 is 0 Å². The second-order valence-electron chi connectivity index (χ2n) is 7.34. The van der Waals surface area contributed by atoms with E-state index in [1.165, 1.54) is 30.8 Å². The smallest absolute Gasteiger partial charge is 0.230 e. The number of aromatic nitrogens is 3. The highest BCUT2D eigenvalue weighted by Crippen LogP contribution is 2.24. The Labute approximate surface area is 184 Å². The van der Waals surface area contributed by atoms with Gasteiger partial charge in [-0.15, -0.1) is 10.2 Å². The number of benzene rings is 2. The number of nitrogens with one attached hydrogen (secondary N) is 2. The molecule has 3 rings (SSSR count). The molecule has 0 saturated heterocycles. The molecule has 0 spiro atoms. The fourth-order valence-electron chi connectivity index (χ4n) is 3.09. The molecule has 0 bridgehead atoms. The topological polar surface area (TPSA) is 88.9 Å². The van der Waals surface area contributed by atoms with Gasteiger partial charge in [0.2, 0.25) is 11.8 Å². The van der Waals surface area contributed by atoms with Crippen LogP contribution in [-0.4, -0.2) is 32.3 Å². The Bertz CT molecular complexity index is 1050. The second kappa shape index (κ2) is 10.2. The first-order valence-electron chi connectivity index (χ1n) is 9.79. The predicted octanol–water partition coefficient (Wildman–Crippen LogP) is 3.97. The molecule has 1 aromatic heterocycles. The van der Waals surface area contributed by atoms with Gasteiger partial charge in [0.05, 0.1) is 17.5 Å². The molecule has 9 heteroatoms. The highest BCUT2D eigenvalue weighted by atomic mass is 32.2. The Morgan fingerprint density at radius 1 is 1.16 bits per heavy atom. The standard InChI is InChI=1S/C22H24FN5O2S/c1-14(2)21(16-7-9-17(23)10-8-16)26-20(30)12-31-22-27-24-13-28(22)19-6-4-5-18(11-19)25-15(3)29/h4-11,13-14,21H,12H2,1-3H3,(H,25,29)(H,26,30). The van der Waals surface area contributed by atoms with Crippen molar-refractivity contribution in [3.05, 3.63) is 66.2 Å². The minimum absolute atomic E-state index is 0.138. The van der Waals surface area contributed by atoms with Crippen molar-refractivity contribution in [1.29, 1.82) is 0 Å². The third-order valence-corrected chi connectivity index (χ3v) is 5.45. The summed E-state index contributed by atoms with van der Waals surface area (Å²) in [7, 11) is 0. The van der Waals surface area contributed by atoms with Crippen LogP contribution in [0.15, 0.2) is 60.0 Å². The molecule has 3 aromatic rings. The number of hydrogen-bond donors (Lipinski definition) is 2. The van der Waals surface area contributed by atoms with E-state index in [0.717, 1.165) is 11.3 Å². The SMILES string of the molecule is CC(=O)Nc1cccc(-n2cnnc2SCC(=O)NC(c2ccc(F)cc2)C(C)C)c1. The van der Waals surface area contributed by atoms with E-state index in [4.69, 9.17) is 0 Å². The summed E-state index contributed by atoms with van der Waals surface area (Å²) in [5.41, 5.74) is 2.28. The first-order chi connectivity index (χ1) is 14.8. The third kappa shape index (κ3) is 6.14.